The number of likely N-dealkylation sites (N-methyl/N-ethyl adjacent to an activating group) is 1. The van der Waals surface area contributed by atoms with Gasteiger partial charge in [0.15, 0.2) is 6.10 Å². The minimum Gasteiger partial charge on any atom is -0.484 e. The number of hydrogen-bond donors (Lipinski definition) is 0. The zero-order valence-electron chi connectivity index (χ0n) is 6.65. The van der Waals surface area contributed by atoms with Crippen LogP contribution in [0.3, 0.4) is 0 Å². The molecule has 0 N–H and O–H groups in total. The van der Waals surface area contributed by atoms with E-state index in [1.165, 1.54) is 11.2 Å². The van der Waals surface area contributed by atoms with Crippen molar-refractivity contribution in [2.45, 2.75) is 6.10 Å². The number of amides is 1. The molecule has 3 nitrogen and oxygen atoms in total. The van der Waals surface area contributed by atoms with Gasteiger partial charge in [-0.1, -0.05) is 6.08 Å². The number of nitrogens with zero attached hydrogens (tertiary/aromatic N) is 1. The highest BCUT2D eigenvalue weighted by Gasteiger charge is 2.17. The van der Waals surface area contributed by atoms with E-state index in [-0.39, 0.29) is 5.91 Å². The molecule has 1 atom stereocenters. The van der Waals surface area contributed by atoms with Crippen LogP contribution in [0.1, 0.15) is 0 Å². The molecule has 0 aliphatic carbocycles. The second-order valence-electron chi connectivity index (χ2n) is 2.50. The van der Waals surface area contributed by atoms with Gasteiger partial charge in [-0.15, -0.1) is 0 Å². The summed E-state index contributed by atoms with van der Waals surface area (Å²) < 4.78 is 5.04. The minimum atomic E-state index is -0.435. The molecule has 1 unspecified atom stereocenters. The highest BCUT2D eigenvalue weighted by atomic mass is 16.5. The number of carbonyl (C=O) groups excluding carboxylic acids is 1. The summed E-state index contributed by atoms with van der Waals surface area (Å²) in [5, 5.41) is 0. The molecule has 0 aromatic carbocycles. The molecule has 0 bridgehead atoms. The van der Waals surface area contributed by atoms with Crippen molar-refractivity contribution in [2.24, 2.45) is 0 Å². The second kappa shape index (κ2) is 3.23. The fraction of sp³-hybridized carbons (Fsp3) is 0.375. The van der Waals surface area contributed by atoms with E-state index in [9.17, 15) is 4.79 Å². The predicted molar refractivity (Wildman–Crippen MR) is 41.8 cm³/mol. The van der Waals surface area contributed by atoms with Gasteiger partial charge >= 0.3 is 0 Å². The van der Waals surface area contributed by atoms with Crippen LogP contribution in [-0.4, -0.2) is 31.0 Å². The largest absolute Gasteiger partial charge is 0.484 e. The second-order valence-corrected chi connectivity index (χ2v) is 2.50. The molecule has 0 fully saturated rings. The maximum atomic E-state index is 11.2. The Morgan fingerprint density at radius 3 is 2.64 bits per heavy atom. The van der Waals surface area contributed by atoms with E-state index >= 15 is 0 Å². The van der Waals surface area contributed by atoms with E-state index in [0.717, 1.165) is 0 Å². The van der Waals surface area contributed by atoms with Gasteiger partial charge in [-0.3, -0.25) is 4.79 Å². The van der Waals surface area contributed by atoms with Crippen molar-refractivity contribution in [3.8, 4) is 0 Å². The van der Waals surface area contributed by atoms with E-state index < -0.39 is 6.10 Å². The van der Waals surface area contributed by atoms with Crippen LogP contribution in [0, 0.1) is 0 Å². The molecule has 1 amide bonds. The smallest absolute Gasteiger partial charge is 0.267 e. The summed E-state index contributed by atoms with van der Waals surface area (Å²) in [4.78, 5) is 12.7. The van der Waals surface area contributed by atoms with Crippen molar-refractivity contribution < 1.29 is 9.53 Å². The van der Waals surface area contributed by atoms with Crippen LogP contribution in [0.4, 0.5) is 0 Å². The maximum Gasteiger partial charge on any atom is 0.267 e. The summed E-state index contributed by atoms with van der Waals surface area (Å²) >= 11 is 0. The number of ether oxygens (including phenoxy) is 1. The molecule has 1 aliphatic heterocycles. The standard InChI is InChI=1S/C8H11NO2/c1-9(2)8(10)7-5-3-4-6-11-7/h3-7H,1-2H3. The zero-order chi connectivity index (χ0) is 8.27. The van der Waals surface area contributed by atoms with Crippen molar-refractivity contribution in [3.63, 3.8) is 0 Å². The molecule has 1 rings (SSSR count). The van der Waals surface area contributed by atoms with Gasteiger partial charge in [0.05, 0.1) is 6.26 Å². The summed E-state index contributed by atoms with van der Waals surface area (Å²) in [6.07, 6.45) is 6.36. The first-order chi connectivity index (χ1) is 5.22. The van der Waals surface area contributed by atoms with Crippen LogP contribution in [-0.2, 0) is 9.53 Å². The van der Waals surface area contributed by atoms with Crippen LogP contribution < -0.4 is 0 Å². The highest BCUT2D eigenvalue weighted by molar-refractivity contribution is 5.82. The molecule has 11 heavy (non-hydrogen) atoms. The van der Waals surface area contributed by atoms with E-state index in [0.29, 0.717) is 0 Å². The number of hydrogen-bond acceptors (Lipinski definition) is 2. The van der Waals surface area contributed by atoms with Crippen molar-refractivity contribution in [3.05, 3.63) is 24.5 Å². The Balaban J connectivity index is 2.55. The Labute approximate surface area is 65.9 Å². The third kappa shape index (κ3) is 1.83. The van der Waals surface area contributed by atoms with Crippen LogP contribution in [0.2, 0.25) is 0 Å². The van der Waals surface area contributed by atoms with Gasteiger partial charge in [0.1, 0.15) is 0 Å². The first kappa shape index (κ1) is 7.85. The predicted octanol–water partition coefficient (Wildman–Crippen LogP) is 0.543. The summed E-state index contributed by atoms with van der Waals surface area (Å²) in [5.74, 6) is -0.0365. The lowest BCUT2D eigenvalue weighted by Crippen LogP contribution is -2.33. The van der Waals surface area contributed by atoms with Crippen LogP contribution in [0.25, 0.3) is 0 Å². The summed E-state index contributed by atoms with van der Waals surface area (Å²) in [6.45, 7) is 0. The minimum absolute atomic E-state index is 0.0365. The lowest BCUT2D eigenvalue weighted by Gasteiger charge is -2.18. The molecule has 1 heterocycles. The van der Waals surface area contributed by atoms with Crippen molar-refractivity contribution in [1.29, 1.82) is 0 Å². The Kier molecular flexibility index (Phi) is 2.31. The summed E-state index contributed by atoms with van der Waals surface area (Å²) in [6, 6.07) is 0. The van der Waals surface area contributed by atoms with Gasteiger partial charge < -0.3 is 9.64 Å². The maximum absolute atomic E-state index is 11.2. The molecular weight excluding hydrogens is 142 g/mol. The van der Waals surface area contributed by atoms with Crippen LogP contribution in [0.15, 0.2) is 24.5 Å². The monoisotopic (exact) mass is 153 g/mol. The number of rotatable bonds is 1. The SMILES string of the molecule is CN(C)C(=O)C1C=CC=CO1. The molecule has 1 aliphatic rings. The number of carbonyl (C=O) groups is 1. The molecule has 0 aromatic rings. The Morgan fingerprint density at radius 2 is 2.18 bits per heavy atom. The lowest BCUT2D eigenvalue weighted by atomic mass is 10.2. The highest BCUT2D eigenvalue weighted by Crippen LogP contribution is 2.04. The van der Waals surface area contributed by atoms with Gasteiger partial charge in [-0.25, -0.2) is 0 Å². The third-order valence-corrected chi connectivity index (χ3v) is 1.38. The zero-order valence-corrected chi connectivity index (χ0v) is 6.65. The molecule has 0 saturated carbocycles. The summed E-state index contributed by atoms with van der Waals surface area (Å²) in [5.41, 5.74) is 0. The first-order valence-corrected chi connectivity index (χ1v) is 3.42. The topological polar surface area (TPSA) is 29.5 Å². The van der Waals surface area contributed by atoms with Crippen LogP contribution in [0.5, 0.6) is 0 Å². The van der Waals surface area contributed by atoms with Gasteiger partial charge in [0, 0.05) is 14.1 Å². The fourth-order valence-corrected chi connectivity index (χ4v) is 0.781. The number of allylic oxidation sites excluding steroid dienone is 2. The molecule has 0 saturated heterocycles. The quantitative estimate of drug-likeness (QED) is 0.550. The van der Waals surface area contributed by atoms with Crippen molar-refractivity contribution >= 4 is 5.91 Å². The molecule has 60 valence electrons. The average molecular weight is 153 g/mol. The third-order valence-electron chi connectivity index (χ3n) is 1.38. The van der Waals surface area contributed by atoms with Gasteiger partial charge in [0.25, 0.3) is 5.91 Å². The molecule has 3 heteroatoms. The van der Waals surface area contributed by atoms with Gasteiger partial charge in [0.2, 0.25) is 0 Å². The van der Waals surface area contributed by atoms with Crippen LogP contribution >= 0.6 is 0 Å². The lowest BCUT2D eigenvalue weighted by molar-refractivity contribution is -0.135. The van der Waals surface area contributed by atoms with E-state index in [4.69, 9.17) is 4.74 Å². The van der Waals surface area contributed by atoms with E-state index in [2.05, 4.69) is 0 Å². The van der Waals surface area contributed by atoms with E-state index in [1.54, 1.807) is 32.3 Å². The molecular formula is C8H11NO2. The molecule has 0 radical (unpaired) electrons. The average Bonchev–Trinajstić information content (AvgIpc) is 2.05. The van der Waals surface area contributed by atoms with E-state index in [1.807, 2.05) is 0 Å². The Hall–Kier alpha value is -1.25. The molecule has 0 spiro atoms. The Morgan fingerprint density at radius 1 is 1.45 bits per heavy atom. The van der Waals surface area contributed by atoms with Crippen molar-refractivity contribution in [2.75, 3.05) is 14.1 Å². The first-order valence-electron chi connectivity index (χ1n) is 3.42. The van der Waals surface area contributed by atoms with Gasteiger partial charge in [-0.05, 0) is 12.2 Å². The summed E-state index contributed by atoms with van der Waals surface area (Å²) in [7, 11) is 3.41. The molecule has 0 aromatic heterocycles. The van der Waals surface area contributed by atoms with Crippen molar-refractivity contribution in [1.82, 2.24) is 4.90 Å². The normalized spacial score (nSPS) is 21.1. The van der Waals surface area contributed by atoms with Gasteiger partial charge in [-0.2, -0.15) is 0 Å². The Bertz CT molecular complexity index is 206. The fourth-order valence-electron chi connectivity index (χ4n) is 0.781.